The van der Waals surface area contributed by atoms with Crippen LogP contribution < -0.4 is 5.32 Å². The molecule has 0 bridgehead atoms. The van der Waals surface area contributed by atoms with Gasteiger partial charge in [-0.15, -0.1) is 0 Å². The van der Waals surface area contributed by atoms with Gasteiger partial charge in [0.2, 0.25) is 5.91 Å². The van der Waals surface area contributed by atoms with Crippen LogP contribution in [0.1, 0.15) is 45.2 Å². The predicted molar refractivity (Wildman–Crippen MR) is 81.7 cm³/mol. The summed E-state index contributed by atoms with van der Waals surface area (Å²) in [5.41, 5.74) is 0.900. The molecule has 2 saturated heterocycles. The summed E-state index contributed by atoms with van der Waals surface area (Å²) in [5.74, 6) is 0.191. The maximum Gasteiger partial charge on any atom is 0.245 e. The second-order valence-corrected chi connectivity index (χ2v) is 6.69. The van der Waals surface area contributed by atoms with E-state index in [-0.39, 0.29) is 29.8 Å². The van der Waals surface area contributed by atoms with E-state index in [1.54, 1.807) is 0 Å². The Morgan fingerprint density at radius 3 is 2.67 bits per heavy atom. The van der Waals surface area contributed by atoms with Crippen molar-refractivity contribution < 1.29 is 9.53 Å². The fraction of sp³-hybridized carbons (Fsp3) is 0.588. The topological polar surface area (TPSA) is 41.6 Å². The maximum atomic E-state index is 12.8. The molecule has 4 heteroatoms. The van der Waals surface area contributed by atoms with E-state index < -0.39 is 0 Å². The molecule has 2 aliphatic heterocycles. The summed E-state index contributed by atoms with van der Waals surface area (Å²) in [6, 6.07) is 10.0. The quantitative estimate of drug-likeness (QED) is 0.909. The van der Waals surface area contributed by atoms with Crippen molar-refractivity contribution in [1.29, 1.82) is 0 Å². The Hall–Kier alpha value is -1.39. The molecule has 4 nitrogen and oxygen atoms in total. The largest absolute Gasteiger partial charge is 0.375 e. The summed E-state index contributed by atoms with van der Waals surface area (Å²) in [6.45, 7) is 7.01. The molecule has 1 N–H and O–H groups in total. The van der Waals surface area contributed by atoms with Gasteiger partial charge in [-0.3, -0.25) is 10.1 Å². The molecule has 3 atom stereocenters. The Morgan fingerprint density at radius 2 is 2.00 bits per heavy atom. The lowest BCUT2D eigenvalue weighted by Crippen LogP contribution is -2.50. The van der Waals surface area contributed by atoms with E-state index in [1.807, 2.05) is 35.2 Å². The van der Waals surface area contributed by atoms with Gasteiger partial charge in [0.25, 0.3) is 0 Å². The molecule has 0 saturated carbocycles. The summed E-state index contributed by atoms with van der Waals surface area (Å²) in [6.07, 6.45) is 1.89. The first-order valence-electron chi connectivity index (χ1n) is 7.75. The van der Waals surface area contributed by atoms with Crippen molar-refractivity contribution >= 4 is 5.91 Å². The van der Waals surface area contributed by atoms with Gasteiger partial charge >= 0.3 is 0 Å². The van der Waals surface area contributed by atoms with E-state index in [0.717, 1.165) is 25.0 Å². The Kier molecular flexibility index (Phi) is 3.76. The van der Waals surface area contributed by atoms with Gasteiger partial charge in [-0.1, -0.05) is 30.3 Å². The molecule has 1 aromatic rings. The summed E-state index contributed by atoms with van der Waals surface area (Å²) in [7, 11) is 0. The third-order valence-corrected chi connectivity index (χ3v) is 4.52. The van der Waals surface area contributed by atoms with Crippen LogP contribution in [0.5, 0.6) is 0 Å². The highest BCUT2D eigenvalue weighted by Crippen LogP contribution is 2.33. The van der Waals surface area contributed by atoms with Crippen LogP contribution in [0.4, 0.5) is 0 Å². The van der Waals surface area contributed by atoms with E-state index in [4.69, 9.17) is 4.74 Å². The van der Waals surface area contributed by atoms with E-state index in [2.05, 4.69) is 26.1 Å². The number of hydrogen-bond acceptors (Lipinski definition) is 3. The average Bonchev–Trinajstić information content (AvgIpc) is 2.74. The van der Waals surface area contributed by atoms with E-state index in [9.17, 15) is 4.79 Å². The summed E-state index contributed by atoms with van der Waals surface area (Å²) in [5, 5.41) is 3.43. The van der Waals surface area contributed by atoms with Crippen molar-refractivity contribution in [3.63, 3.8) is 0 Å². The molecule has 114 valence electrons. The van der Waals surface area contributed by atoms with Crippen LogP contribution in [0.3, 0.4) is 0 Å². The number of ether oxygens (including phenoxy) is 1. The number of hydrogen-bond donors (Lipinski definition) is 1. The summed E-state index contributed by atoms with van der Waals surface area (Å²) < 4.78 is 5.78. The SMILES string of the molecule is CC1NC(c2ccccc2)C(=O)N1C1CCOC(C)(C)C1. The van der Waals surface area contributed by atoms with Gasteiger partial charge in [0.05, 0.1) is 11.8 Å². The number of nitrogens with one attached hydrogen (secondary N) is 1. The van der Waals surface area contributed by atoms with Crippen LogP contribution in [0.15, 0.2) is 30.3 Å². The van der Waals surface area contributed by atoms with Gasteiger partial charge in [0, 0.05) is 12.6 Å². The van der Waals surface area contributed by atoms with Gasteiger partial charge in [-0.25, -0.2) is 0 Å². The van der Waals surface area contributed by atoms with Gasteiger partial charge in [0.1, 0.15) is 6.04 Å². The first-order chi connectivity index (χ1) is 9.98. The molecule has 3 unspecified atom stereocenters. The van der Waals surface area contributed by atoms with Gasteiger partial charge < -0.3 is 9.64 Å². The third kappa shape index (κ3) is 2.83. The van der Waals surface area contributed by atoms with Gasteiger partial charge in [-0.05, 0) is 39.2 Å². The number of rotatable bonds is 2. The molecule has 1 aromatic carbocycles. The number of benzene rings is 1. The zero-order chi connectivity index (χ0) is 15.0. The van der Waals surface area contributed by atoms with Crippen molar-refractivity contribution in [2.75, 3.05) is 6.61 Å². The molecular formula is C17H24N2O2. The number of carbonyl (C=O) groups excluding carboxylic acids is 1. The minimum atomic E-state index is -0.216. The first-order valence-corrected chi connectivity index (χ1v) is 7.75. The van der Waals surface area contributed by atoms with Crippen LogP contribution in [0.25, 0.3) is 0 Å². The fourth-order valence-corrected chi connectivity index (χ4v) is 3.55. The van der Waals surface area contributed by atoms with Crippen LogP contribution in [0.2, 0.25) is 0 Å². The van der Waals surface area contributed by atoms with Crippen molar-refractivity contribution in [3.05, 3.63) is 35.9 Å². The van der Waals surface area contributed by atoms with Crippen molar-refractivity contribution in [1.82, 2.24) is 10.2 Å². The average molecular weight is 288 g/mol. The Morgan fingerprint density at radius 1 is 1.29 bits per heavy atom. The molecular weight excluding hydrogens is 264 g/mol. The van der Waals surface area contributed by atoms with E-state index in [0.29, 0.717) is 0 Å². The summed E-state index contributed by atoms with van der Waals surface area (Å²) >= 11 is 0. The van der Waals surface area contributed by atoms with E-state index in [1.165, 1.54) is 0 Å². The van der Waals surface area contributed by atoms with Gasteiger partial charge in [-0.2, -0.15) is 0 Å². The van der Waals surface area contributed by atoms with Gasteiger partial charge in [0.15, 0.2) is 0 Å². The highest BCUT2D eigenvalue weighted by molar-refractivity contribution is 5.86. The van der Waals surface area contributed by atoms with Crippen molar-refractivity contribution in [2.24, 2.45) is 0 Å². The molecule has 0 aromatic heterocycles. The normalized spacial score (nSPS) is 32.4. The maximum absolute atomic E-state index is 12.8. The second kappa shape index (κ2) is 5.43. The van der Waals surface area contributed by atoms with Crippen LogP contribution in [-0.2, 0) is 9.53 Å². The van der Waals surface area contributed by atoms with Crippen LogP contribution >= 0.6 is 0 Å². The molecule has 2 heterocycles. The van der Waals surface area contributed by atoms with Crippen LogP contribution in [0, 0.1) is 0 Å². The monoisotopic (exact) mass is 288 g/mol. The molecule has 3 rings (SSSR count). The van der Waals surface area contributed by atoms with Crippen molar-refractivity contribution in [3.8, 4) is 0 Å². The van der Waals surface area contributed by atoms with Crippen LogP contribution in [-0.4, -0.2) is 35.2 Å². The first kappa shape index (κ1) is 14.5. The molecule has 1 amide bonds. The third-order valence-electron chi connectivity index (χ3n) is 4.52. The smallest absolute Gasteiger partial charge is 0.245 e. The molecule has 2 fully saturated rings. The predicted octanol–water partition coefficient (Wildman–Crippen LogP) is 2.46. The molecule has 0 spiro atoms. The molecule has 2 aliphatic rings. The zero-order valence-corrected chi connectivity index (χ0v) is 13.0. The number of carbonyl (C=O) groups is 1. The van der Waals surface area contributed by atoms with Crippen molar-refractivity contribution in [2.45, 2.75) is 57.5 Å². The highest BCUT2D eigenvalue weighted by atomic mass is 16.5. The zero-order valence-electron chi connectivity index (χ0n) is 13.0. The molecule has 21 heavy (non-hydrogen) atoms. The Labute approximate surface area is 126 Å². The number of amides is 1. The van der Waals surface area contributed by atoms with E-state index >= 15 is 0 Å². The minimum Gasteiger partial charge on any atom is -0.375 e. The number of nitrogens with zero attached hydrogens (tertiary/aromatic N) is 1. The lowest BCUT2D eigenvalue weighted by molar-refractivity contribution is -0.138. The standard InChI is InChI=1S/C17H24N2O2/c1-12-18-15(13-7-5-4-6-8-13)16(20)19(12)14-9-10-21-17(2,3)11-14/h4-8,12,14-15,18H,9-11H2,1-3H3. The molecule has 0 aliphatic carbocycles. The highest BCUT2D eigenvalue weighted by Gasteiger charge is 2.43. The Bertz CT molecular complexity index is 515. The molecule has 0 radical (unpaired) electrons. The lowest BCUT2D eigenvalue weighted by Gasteiger charge is -2.41. The lowest BCUT2D eigenvalue weighted by atomic mass is 9.92. The fourth-order valence-electron chi connectivity index (χ4n) is 3.55. The second-order valence-electron chi connectivity index (χ2n) is 6.69. The minimum absolute atomic E-state index is 0.0709. The summed E-state index contributed by atoms with van der Waals surface area (Å²) in [4.78, 5) is 14.9. The Balaban J connectivity index is 1.79.